The molecule has 0 spiro atoms. The van der Waals surface area contributed by atoms with Gasteiger partial charge in [-0.05, 0) is 72.5 Å². The first kappa shape index (κ1) is 35.9. The number of nitrogens with zero attached hydrogens (tertiary/aromatic N) is 4. The summed E-state index contributed by atoms with van der Waals surface area (Å²) in [5.74, 6) is -0.799. The molecule has 0 unspecified atom stereocenters. The minimum absolute atomic E-state index is 0.119. The second-order valence-corrected chi connectivity index (χ2v) is 13.2. The highest BCUT2D eigenvalue weighted by Crippen LogP contribution is 2.34. The molecule has 1 aliphatic heterocycles. The van der Waals surface area contributed by atoms with Crippen LogP contribution in [0.25, 0.3) is 21.9 Å². The SMILES string of the molecule is COc1cc(NC(=O)c2cc(=O)c3ccccc3o2)c(C(=O)Nc2ccc(CCN(CC3=CN=CC3)Cc3ccc4c(c3)c(C)nn4C)cc2)cc1OC. The zero-order chi connectivity index (χ0) is 37.8. The van der Waals surface area contributed by atoms with Crippen LogP contribution in [0.5, 0.6) is 11.5 Å². The van der Waals surface area contributed by atoms with E-state index in [2.05, 4.69) is 43.8 Å². The van der Waals surface area contributed by atoms with Crippen molar-refractivity contribution in [3.63, 3.8) is 0 Å². The van der Waals surface area contributed by atoms with E-state index in [0.29, 0.717) is 22.6 Å². The fourth-order valence-corrected chi connectivity index (χ4v) is 6.64. The minimum atomic E-state index is -0.706. The van der Waals surface area contributed by atoms with Crippen LogP contribution in [0.3, 0.4) is 0 Å². The van der Waals surface area contributed by atoms with Gasteiger partial charge in [0.05, 0.1) is 42.1 Å². The first-order valence-corrected chi connectivity index (χ1v) is 17.5. The predicted molar refractivity (Wildman–Crippen MR) is 210 cm³/mol. The quantitative estimate of drug-likeness (QED) is 0.131. The summed E-state index contributed by atoms with van der Waals surface area (Å²) in [6, 6.07) is 25.0. The average molecular weight is 725 g/mol. The van der Waals surface area contributed by atoms with Gasteiger partial charge in [-0.15, -0.1) is 0 Å². The highest BCUT2D eigenvalue weighted by Gasteiger charge is 2.21. The van der Waals surface area contributed by atoms with Gasteiger partial charge in [-0.1, -0.05) is 30.3 Å². The molecule has 0 saturated carbocycles. The third-order valence-corrected chi connectivity index (χ3v) is 9.45. The summed E-state index contributed by atoms with van der Waals surface area (Å²) in [6.45, 7) is 4.46. The van der Waals surface area contributed by atoms with Gasteiger partial charge in [-0.25, -0.2) is 0 Å². The first-order chi connectivity index (χ1) is 26.2. The Kier molecular flexibility index (Phi) is 10.4. The van der Waals surface area contributed by atoms with Crippen LogP contribution in [0.15, 0.2) is 111 Å². The van der Waals surface area contributed by atoms with E-state index in [0.717, 1.165) is 60.7 Å². The Labute approximate surface area is 311 Å². The number of carbonyl (C=O) groups is 2. The van der Waals surface area contributed by atoms with E-state index in [9.17, 15) is 14.4 Å². The Morgan fingerprint density at radius 1 is 0.870 bits per heavy atom. The molecule has 1 aliphatic rings. The molecule has 2 aromatic heterocycles. The lowest BCUT2D eigenvalue weighted by Crippen LogP contribution is -2.28. The molecule has 2 amide bonds. The number of hydrogen-bond donors (Lipinski definition) is 2. The Hall–Kier alpha value is -6.53. The summed E-state index contributed by atoms with van der Waals surface area (Å²) in [5, 5.41) is 11.7. The molecule has 0 saturated heterocycles. The Bertz CT molecular complexity index is 2500. The molecule has 0 bridgehead atoms. The van der Waals surface area contributed by atoms with Crippen LogP contribution >= 0.6 is 0 Å². The lowest BCUT2D eigenvalue weighted by atomic mass is 10.1. The van der Waals surface area contributed by atoms with E-state index in [4.69, 9.17) is 13.9 Å². The molecule has 0 aliphatic carbocycles. The number of anilines is 2. The van der Waals surface area contributed by atoms with Crippen LogP contribution < -0.4 is 25.5 Å². The van der Waals surface area contributed by atoms with E-state index in [1.165, 1.54) is 37.5 Å². The molecule has 0 radical (unpaired) electrons. The van der Waals surface area contributed by atoms with Crippen molar-refractivity contribution in [3.8, 4) is 11.5 Å². The van der Waals surface area contributed by atoms with Gasteiger partial charge >= 0.3 is 0 Å². The monoisotopic (exact) mass is 724 g/mol. The zero-order valence-corrected chi connectivity index (χ0v) is 30.5. The van der Waals surface area contributed by atoms with Crippen molar-refractivity contribution in [1.29, 1.82) is 0 Å². The van der Waals surface area contributed by atoms with Gasteiger partial charge in [-0.3, -0.25) is 29.0 Å². The van der Waals surface area contributed by atoms with Crippen molar-refractivity contribution in [1.82, 2.24) is 14.7 Å². The predicted octanol–water partition coefficient (Wildman–Crippen LogP) is 6.91. The molecule has 0 fully saturated rings. The smallest absolute Gasteiger partial charge is 0.291 e. The van der Waals surface area contributed by atoms with Crippen LogP contribution in [0.4, 0.5) is 11.4 Å². The summed E-state index contributed by atoms with van der Waals surface area (Å²) in [7, 11) is 4.88. The van der Waals surface area contributed by atoms with Crippen LogP contribution in [0, 0.1) is 6.92 Å². The van der Waals surface area contributed by atoms with Crippen molar-refractivity contribution in [2.45, 2.75) is 26.3 Å². The molecular weight excluding hydrogens is 684 g/mol. The lowest BCUT2D eigenvalue weighted by molar-refractivity contribution is 0.0997. The highest BCUT2D eigenvalue weighted by atomic mass is 16.5. The number of benzene rings is 4. The minimum Gasteiger partial charge on any atom is -0.493 e. The van der Waals surface area contributed by atoms with Crippen molar-refractivity contribution < 1.29 is 23.5 Å². The normalized spacial score (nSPS) is 12.4. The highest BCUT2D eigenvalue weighted by molar-refractivity contribution is 6.12. The topological polar surface area (TPSA) is 140 Å². The Balaban J connectivity index is 1.05. The average Bonchev–Trinajstić information content (AvgIpc) is 3.80. The number of aliphatic imine (C=N–C) groups is 1. The van der Waals surface area contributed by atoms with Gasteiger partial charge in [0.25, 0.3) is 11.8 Å². The number of amides is 2. The number of carbonyl (C=O) groups excluding carboxylic acids is 2. The summed E-state index contributed by atoms with van der Waals surface area (Å²) in [5.41, 5.74) is 6.50. The molecule has 6 aromatic rings. The number of methoxy groups -OCH3 is 2. The number of nitrogens with one attached hydrogen (secondary N) is 2. The van der Waals surface area contributed by atoms with Gasteiger partial charge in [-0.2, -0.15) is 5.10 Å². The third kappa shape index (κ3) is 7.79. The Morgan fingerprint density at radius 3 is 2.39 bits per heavy atom. The number of aryl methyl sites for hydroxylation is 2. The number of hydrogen-bond acceptors (Lipinski definition) is 9. The summed E-state index contributed by atoms with van der Waals surface area (Å²) in [4.78, 5) is 46.5. The third-order valence-electron chi connectivity index (χ3n) is 9.45. The molecule has 12 heteroatoms. The van der Waals surface area contributed by atoms with E-state index in [1.807, 2.05) is 55.3 Å². The fraction of sp³-hybridized carbons (Fsp3) is 0.214. The van der Waals surface area contributed by atoms with Gasteiger partial charge in [0.2, 0.25) is 0 Å². The molecular formula is C42H40N6O6. The molecule has 3 heterocycles. The number of para-hydroxylation sites is 1. The lowest BCUT2D eigenvalue weighted by Gasteiger charge is -2.23. The van der Waals surface area contributed by atoms with Crippen LogP contribution in [0.1, 0.15) is 44.2 Å². The second kappa shape index (κ2) is 15.6. The molecule has 12 nitrogen and oxygen atoms in total. The molecule has 7 rings (SSSR count). The van der Waals surface area contributed by atoms with E-state index >= 15 is 0 Å². The zero-order valence-electron chi connectivity index (χ0n) is 30.5. The van der Waals surface area contributed by atoms with E-state index in [1.54, 1.807) is 24.3 Å². The summed E-state index contributed by atoms with van der Waals surface area (Å²) in [6.07, 6.45) is 5.55. The molecule has 274 valence electrons. The maximum absolute atomic E-state index is 13.7. The number of fused-ring (bicyclic) bond motifs is 2. The summed E-state index contributed by atoms with van der Waals surface area (Å²) >= 11 is 0. The standard InChI is InChI=1S/C42H40N6O6/c1-26-32-19-28(11-14-35(32)47(2)46-26)24-48(25-29-15-17-43-23-29)18-16-27-9-12-30(13-10-27)44-41(50)33-20-38(52-3)39(53-4)21-34(33)45-42(51)40-22-36(49)31-7-5-6-8-37(31)54-40/h5-14,17,19-23H,15-16,18,24-25H2,1-4H3,(H,44,50)(H,45,51). The van der Waals surface area contributed by atoms with Crippen LogP contribution in [-0.4, -0.2) is 60.0 Å². The van der Waals surface area contributed by atoms with Crippen LogP contribution in [-0.2, 0) is 20.0 Å². The second-order valence-electron chi connectivity index (χ2n) is 13.2. The number of ether oxygens (including phenoxy) is 2. The molecule has 2 N–H and O–H groups in total. The molecule has 0 atom stereocenters. The van der Waals surface area contributed by atoms with Gasteiger partial charge in [0, 0.05) is 68.7 Å². The van der Waals surface area contributed by atoms with Gasteiger partial charge in [0.15, 0.2) is 22.7 Å². The number of aromatic nitrogens is 2. The largest absolute Gasteiger partial charge is 0.493 e. The maximum atomic E-state index is 13.7. The molecule has 54 heavy (non-hydrogen) atoms. The first-order valence-electron chi connectivity index (χ1n) is 17.5. The Morgan fingerprint density at radius 2 is 1.63 bits per heavy atom. The van der Waals surface area contributed by atoms with E-state index in [-0.39, 0.29) is 28.0 Å². The van der Waals surface area contributed by atoms with Gasteiger partial charge in [0.1, 0.15) is 5.58 Å². The van der Waals surface area contributed by atoms with Crippen molar-refractivity contribution >= 4 is 51.3 Å². The molecule has 4 aromatic carbocycles. The van der Waals surface area contributed by atoms with Crippen molar-refractivity contribution in [3.05, 3.63) is 135 Å². The van der Waals surface area contributed by atoms with Crippen molar-refractivity contribution in [2.75, 3.05) is 37.9 Å². The van der Waals surface area contributed by atoms with Crippen LogP contribution in [0.2, 0.25) is 0 Å². The van der Waals surface area contributed by atoms with Gasteiger partial charge < -0.3 is 24.5 Å². The van der Waals surface area contributed by atoms with E-state index < -0.39 is 11.8 Å². The van der Waals surface area contributed by atoms with Crippen molar-refractivity contribution in [2.24, 2.45) is 12.0 Å². The summed E-state index contributed by atoms with van der Waals surface area (Å²) < 4.78 is 18.5. The number of rotatable bonds is 13. The maximum Gasteiger partial charge on any atom is 0.291 e. The fourth-order valence-electron chi connectivity index (χ4n) is 6.64.